The van der Waals surface area contributed by atoms with Crippen LogP contribution >= 0.6 is 0 Å². The zero-order valence-electron chi connectivity index (χ0n) is 13.1. The van der Waals surface area contributed by atoms with Gasteiger partial charge in [0, 0.05) is 36.0 Å². The van der Waals surface area contributed by atoms with Gasteiger partial charge in [-0.05, 0) is 33.7 Å². The lowest BCUT2D eigenvalue weighted by atomic mass is 9.90. The van der Waals surface area contributed by atoms with Crippen molar-refractivity contribution in [1.82, 2.24) is 9.88 Å². The molecule has 0 aromatic carbocycles. The quantitative estimate of drug-likeness (QED) is 0.918. The Kier molecular flexibility index (Phi) is 5.00. The number of pyridine rings is 1. The fraction of sp³-hybridized carbons (Fsp3) is 0.688. The van der Waals surface area contributed by atoms with Crippen LogP contribution in [0.1, 0.15) is 42.5 Å². The first-order chi connectivity index (χ1) is 9.54. The summed E-state index contributed by atoms with van der Waals surface area (Å²) in [6.45, 7) is 4.95. The number of nitrogens with two attached hydrogens (primary N) is 1. The second-order valence-electron chi connectivity index (χ2n) is 5.98. The van der Waals surface area contributed by atoms with Gasteiger partial charge >= 0.3 is 0 Å². The molecular weight excluding hydrogens is 250 g/mol. The molecule has 0 bridgehead atoms. The lowest BCUT2D eigenvalue weighted by molar-refractivity contribution is 0.160. The Morgan fingerprint density at radius 3 is 2.70 bits per heavy atom. The Hall–Kier alpha value is -1.13. The van der Waals surface area contributed by atoms with E-state index in [4.69, 9.17) is 10.5 Å². The average Bonchev–Trinajstić information content (AvgIpc) is 2.43. The van der Waals surface area contributed by atoms with Crippen molar-refractivity contribution < 1.29 is 4.74 Å². The Bertz CT molecular complexity index is 461. The van der Waals surface area contributed by atoms with Gasteiger partial charge in [0.2, 0.25) is 0 Å². The van der Waals surface area contributed by atoms with E-state index in [2.05, 4.69) is 23.9 Å². The normalized spacial score (nSPS) is 23.1. The molecule has 1 heterocycles. The third kappa shape index (κ3) is 3.13. The van der Waals surface area contributed by atoms with E-state index in [1.54, 1.807) is 7.11 Å². The maximum Gasteiger partial charge on any atom is 0.128 e. The van der Waals surface area contributed by atoms with Gasteiger partial charge in [-0.2, -0.15) is 0 Å². The molecule has 4 heteroatoms. The van der Waals surface area contributed by atoms with Crippen molar-refractivity contribution in [2.24, 2.45) is 5.73 Å². The van der Waals surface area contributed by atoms with E-state index in [-0.39, 0.29) is 0 Å². The smallest absolute Gasteiger partial charge is 0.128 e. The molecule has 0 amide bonds. The van der Waals surface area contributed by atoms with Crippen LogP contribution in [0.25, 0.3) is 0 Å². The minimum Gasteiger partial charge on any atom is -0.496 e. The highest BCUT2D eigenvalue weighted by Gasteiger charge is 2.26. The molecule has 0 radical (unpaired) electrons. The van der Waals surface area contributed by atoms with Crippen LogP contribution in [0.5, 0.6) is 5.75 Å². The average molecular weight is 277 g/mol. The number of likely N-dealkylation sites (N-methyl/N-ethyl adjacent to an activating group) is 1. The predicted molar refractivity (Wildman–Crippen MR) is 82.0 cm³/mol. The molecule has 1 fully saturated rings. The van der Waals surface area contributed by atoms with Crippen molar-refractivity contribution in [3.05, 3.63) is 23.0 Å². The van der Waals surface area contributed by atoms with Crippen LogP contribution in [0.3, 0.4) is 0 Å². The predicted octanol–water partition coefficient (Wildman–Crippen LogP) is 2.41. The summed E-state index contributed by atoms with van der Waals surface area (Å²) in [4.78, 5) is 6.94. The summed E-state index contributed by atoms with van der Waals surface area (Å²) in [5.74, 6) is 0.955. The first-order valence-electron chi connectivity index (χ1n) is 7.49. The van der Waals surface area contributed by atoms with Gasteiger partial charge in [0.15, 0.2) is 0 Å². The Morgan fingerprint density at radius 2 is 2.05 bits per heavy atom. The summed E-state index contributed by atoms with van der Waals surface area (Å²) < 4.78 is 5.48. The van der Waals surface area contributed by atoms with Crippen LogP contribution < -0.4 is 10.5 Å². The number of aromatic nitrogens is 1. The number of methoxy groups -OCH3 is 1. The van der Waals surface area contributed by atoms with E-state index >= 15 is 0 Å². The van der Waals surface area contributed by atoms with Crippen molar-refractivity contribution in [2.45, 2.75) is 58.2 Å². The van der Waals surface area contributed by atoms with E-state index in [0.717, 1.165) is 35.5 Å². The monoisotopic (exact) mass is 277 g/mol. The molecule has 1 aromatic heterocycles. The largest absolute Gasteiger partial charge is 0.496 e. The topological polar surface area (TPSA) is 51.4 Å². The number of hydrogen-bond donors (Lipinski definition) is 1. The van der Waals surface area contributed by atoms with E-state index in [1.165, 1.54) is 19.3 Å². The highest BCUT2D eigenvalue weighted by molar-refractivity contribution is 5.41. The minimum absolute atomic E-state index is 0.293. The first-order valence-corrected chi connectivity index (χ1v) is 7.49. The molecule has 0 saturated heterocycles. The number of ether oxygens (including phenoxy) is 1. The molecule has 2 N–H and O–H groups in total. The summed E-state index contributed by atoms with van der Waals surface area (Å²) in [7, 11) is 3.88. The summed E-state index contributed by atoms with van der Waals surface area (Å²) in [6.07, 6.45) is 6.78. The fourth-order valence-corrected chi connectivity index (χ4v) is 3.27. The summed E-state index contributed by atoms with van der Waals surface area (Å²) in [6, 6.07) is 0.763. The molecule has 0 aliphatic heterocycles. The first kappa shape index (κ1) is 15.3. The molecule has 1 aromatic rings. The van der Waals surface area contributed by atoms with Crippen LogP contribution in [0.2, 0.25) is 0 Å². The van der Waals surface area contributed by atoms with Crippen molar-refractivity contribution >= 4 is 0 Å². The number of rotatable bonds is 4. The third-order valence-electron chi connectivity index (χ3n) is 4.50. The van der Waals surface area contributed by atoms with Gasteiger partial charge in [0.1, 0.15) is 5.75 Å². The number of hydrogen-bond acceptors (Lipinski definition) is 4. The Labute approximate surface area is 122 Å². The molecule has 1 aliphatic carbocycles. The van der Waals surface area contributed by atoms with E-state index in [1.807, 2.05) is 13.1 Å². The molecule has 2 rings (SSSR count). The highest BCUT2D eigenvalue weighted by Crippen LogP contribution is 2.27. The molecule has 2 unspecified atom stereocenters. The van der Waals surface area contributed by atoms with Crippen LogP contribution in [0, 0.1) is 13.8 Å². The van der Waals surface area contributed by atoms with Crippen molar-refractivity contribution in [2.75, 3.05) is 14.2 Å². The summed E-state index contributed by atoms with van der Waals surface area (Å²) >= 11 is 0. The maximum atomic E-state index is 6.27. The molecule has 1 aliphatic rings. The van der Waals surface area contributed by atoms with Crippen LogP contribution in [-0.4, -0.2) is 36.1 Å². The lowest BCUT2D eigenvalue weighted by Crippen LogP contribution is -2.47. The zero-order valence-corrected chi connectivity index (χ0v) is 13.1. The van der Waals surface area contributed by atoms with Crippen molar-refractivity contribution in [3.8, 4) is 5.75 Å². The van der Waals surface area contributed by atoms with Crippen LogP contribution in [0.4, 0.5) is 0 Å². The number of nitrogens with zero attached hydrogens (tertiary/aromatic N) is 2. The zero-order chi connectivity index (χ0) is 14.7. The Morgan fingerprint density at radius 1 is 1.35 bits per heavy atom. The van der Waals surface area contributed by atoms with Gasteiger partial charge in [0.05, 0.1) is 12.8 Å². The molecule has 1 saturated carbocycles. The molecular formula is C16H27N3O. The second kappa shape index (κ2) is 6.55. The SMILES string of the molecule is COc1c(C)cnc(CN(C)C2CCCCC2N)c1C. The third-order valence-corrected chi connectivity index (χ3v) is 4.50. The molecule has 20 heavy (non-hydrogen) atoms. The van der Waals surface area contributed by atoms with Crippen molar-refractivity contribution in [3.63, 3.8) is 0 Å². The molecule has 112 valence electrons. The van der Waals surface area contributed by atoms with E-state index in [0.29, 0.717) is 12.1 Å². The summed E-state index contributed by atoms with van der Waals surface area (Å²) in [5, 5.41) is 0. The van der Waals surface area contributed by atoms with E-state index < -0.39 is 0 Å². The van der Waals surface area contributed by atoms with Gasteiger partial charge < -0.3 is 10.5 Å². The van der Waals surface area contributed by atoms with Crippen molar-refractivity contribution in [1.29, 1.82) is 0 Å². The van der Waals surface area contributed by atoms with Crippen LogP contribution in [-0.2, 0) is 6.54 Å². The minimum atomic E-state index is 0.293. The fourth-order valence-electron chi connectivity index (χ4n) is 3.27. The van der Waals surface area contributed by atoms with Gasteiger partial charge in [-0.3, -0.25) is 9.88 Å². The van der Waals surface area contributed by atoms with E-state index in [9.17, 15) is 0 Å². The number of aryl methyl sites for hydroxylation is 1. The lowest BCUT2D eigenvalue weighted by Gasteiger charge is -2.36. The molecule has 2 atom stereocenters. The van der Waals surface area contributed by atoms with Crippen LogP contribution in [0.15, 0.2) is 6.20 Å². The van der Waals surface area contributed by atoms with Gasteiger partial charge in [0.25, 0.3) is 0 Å². The second-order valence-corrected chi connectivity index (χ2v) is 5.98. The highest BCUT2D eigenvalue weighted by atomic mass is 16.5. The standard InChI is InChI=1S/C16H27N3O/c1-11-9-18-14(12(2)16(11)20-4)10-19(3)15-8-6-5-7-13(15)17/h9,13,15H,5-8,10,17H2,1-4H3. The van der Waals surface area contributed by atoms with Gasteiger partial charge in [-0.25, -0.2) is 0 Å². The molecule has 0 spiro atoms. The Balaban J connectivity index is 2.13. The summed E-state index contributed by atoms with van der Waals surface area (Å²) in [5.41, 5.74) is 9.59. The van der Waals surface area contributed by atoms with Gasteiger partial charge in [-0.15, -0.1) is 0 Å². The maximum absolute atomic E-state index is 6.27. The molecule has 4 nitrogen and oxygen atoms in total. The van der Waals surface area contributed by atoms with Gasteiger partial charge in [-0.1, -0.05) is 12.8 Å².